The van der Waals surface area contributed by atoms with E-state index >= 15 is 0 Å². The van der Waals surface area contributed by atoms with Crippen LogP contribution >= 0.6 is 0 Å². The molecule has 3 aromatic carbocycles. The van der Waals surface area contributed by atoms with Gasteiger partial charge in [0.1, 0.15) is 0 Å². The van der Waals surface area contributed by atoms with Gasteiger partial charge in [0.15, 0.2) is 18.1 Å². The minimum absolute atomic E-state index is 0.169. The van der Waals surface area contributed by atoms with E-state index in [1.807, 2.05) is 50.2 Å². The summed E-state index contributed by atoms with van der Waals surface area (Å²) in [5, 5.41) is 9.41. The summed E-state index contributed by atoms with van der Waals surface area (Å²) < 4.78 is 11.0. The summed E-state index contributed by atoms with van der Waals surface area (Å²) in [6, 6.07) is 19.4. The van der Waals surface area contributed by atoms with Crippen molar-refractivity contribution < 1.29 is 19.1 Å². The SMILES string of the molecule is COc1cc(/C=N\NC(=O)Nc2ccccc2)ccc1OCC(=O)Nc1ccc(C)c(C)c1. The molecule has 3 N–H and O–H groups in total. The van der Waals surface area contributed by atoms with E-state index in [0.717, 1.165) is 11.1 Å². The maximum absolute atomic E-state index is 12.2. The molecule has 0 radical (unpaired) electrons. The minimum atomic E-state index is -0.459. The highest BCUT2D eigenvalue weighted by molar-refractivity contribution is 5.92. The van der Waals surface area contributed by atoms with Crippen LogP contribution in [-0.4, -0.2) is 31.9 Å². The number of hydrogen-bond donors (Lipinski definition) is 3. The highest BCUT2D eigenvalue weighted by Crippen LogP contribution is 2.27. The van der Waals surface area contributed by atoms with Crippen LogP contribution in [0.4, 0.5) is 16.2 Å². The van der Waals surface area contributed by atoms with Crippen molar-refractivity contribution in [3.05, 3.63) is 83.4 Å². The van der Waals surface area contributed by atoms with Gasteiger partial charge in [-0.05, 0) is 73.0 Å². The number of rotatable bonds is 8. The molecular formula is C25H26N4O4. The Labute approximate surface area is 192 Å². The fraction of sp³-hybridized carbons (Fsp3) is 0.160. The number of ether oxygens (including phenoxy) is 2. The number of methoxy groups -OCH3 is 1. The number of carbonyl (C=O) groups is 2. The predicted octanol–water partition coefficient (Wildman–Crippen LogP) is 4.49. The van der Waals surface area contributed by atoms with E-state index in [1.165, 1.54) is 13.3 Å². The van der Waals surface area contributed by atoms with Gasteiger partial charge in [-0.1, -0.05) is 24.3 Å². The molecule has 0 heterocycles. The molecule has 0 aliphatic carbocycles. The van der Waals surface area contributed by atoms with E-state index in [9.17, 15) is 9.59 Å². The van der Waals surface area contributed by atoms with Crippen LogP contribution in [0, 0.1) is 13.8 Å². The minimum Gasteiger partial charge on any atom is -0.493 e. The summed E-state index contributed by atoms with van der Waals surface area (Å²) in [4.78, 5) is 24.1. The molecule has 8 nitrogen and oxygen atoms in total. The molecule has 3 amide bonds. The van der Waals surface area contributed by atoms with E-state index < -0.39 is 6.03 Å². The summed E-state index contributed by atoms with van der Waals surface area (Å²) >= 11 is 0. The van der Waals surface area contributed by atoms with Gasteiger partial charge in [0.25, 0.3) is 5.91 Å². The molecule has 33 heavy (non-hydrogen) atoms. The number of hydrogen-bond acceptors (Lipinski definition) is 5. The van der Waals surface area contributed by atoms with Gasteiger partial charge in [-0.3, -0.25) is 4.79 Å². The smallest absolute Gasteiger partial charge is 0.339 e. The largest absolute Gasteiger partial charge is 0.493 e. The Morgan fingerprint density at radius 3 is 2.39 bits per heavy atom. The van der Waals surface area contributed by atoms with Crippen LogP contribution in [0.25, 0.3) is 0 Å². The van der Waals surface area contributed by atoms with Crippen LogP contribution in [0.2, 0.25) is 0 Å². The van der Waals surface area contributed by atoms with Gasteiger partial charge in [0, 0.05) is 11.4 Å². The Morgan fingerprint density at radius 1 is 0.879 bits per heavy atom. The highest BCUT2D eigenvalue weighted by Gasteiger charge is 2.09. The fourth-order valence-electron chi connectivity index (χ4n) is 2.89. The molecular weight excluding hydrogens is 420 g/mol. The zero-order chi connectivity index (χ0) is 23.6. The van der Waals surface area contributed by atoms with Crippen molar-refractivity contribution in [2.75, 3.05) is 24.4 Å². The molecule has 0 aromatic heterocycles. The molecule has 0 fully saturated rings. The first-order valence-electron chi connectivity index (χ1n) is 10.3. The maximum Gasteiger partial charge on any atom is 0.339 e. The van der Waals surface area contributed by atoms with Crippen LogP contribution in [0.15, 0.2) is 71.8 Å². The summed E-state index contributed by atoms with van der Waals surface area (Å²) in [5.41, 5.74) is 6.71. The van der Waals surface area contributed by atoms with Crippen LogP contribution in [0.3, 0.4) is 0 Å². The fourth-order valence-corrected chi connectivity index (χ4v) is 2.89. The van der Waals surface area contributed by atoms with Crippen LogP contribution in [0.5, 0.6) is 11.5 Å². The zero-order valence-corrected chi connectivity index (χ0v) is 18.7. The lowest BCUT2D eigenvalue weighted by atomic mass is 10.1. The van der Waals surface area contributed by atoms with Crippen molar-refractivity contribution in [3.63, 3.8) is 0 Å². The van der Waals surface area contributed by atoms with Gasteiger partial charge < -0.3 is 20.1 Å². The predicted molar refractivity (Wildman–Crippen MR) is 129 cm³/mol. The lowest BCUT2D eigenvalue weighted by Gasteiger charge is -2.12. The first-order valence-corrected chi connectivity index (χ1v) is 10.3. The molecule has 0 saturated carbocycles. The standard InChI is InChI=1S/C25H26N4O4/c1-17-9-11-21(13-18(17)2)27-24(30)16-33-22-12-10-19(14-23(22)32-3)15-26-29-25(31)28-20-7-5-4-6-8-20/h4-15H,16H2,1-3H3,(H,27,30)(H2,28,29,31)/b26-15-. The monoisotopic (exact) mass is 446 g/mol. The third-order valence-electron chi connectivity index (χ3n) is 4.75. The molecule has 0 aliphatic rings. The molecule has 0 bridgehead atoms. The Bertz CT molecular complexity index is 1150. The maximum atomic E-state index is 12.2. The number of benzene rings is 3. The molecule has 3 aromatic rings. The Hall–Kier alpha value is -4.33. The Morgan fingerprint density at radius 2 is 1.67 bits per heavy atom. The molecule has 170 valence electrons. The molecule has 3 rings (SSSR count). The number of hydrazone groups is 1. The van der Waals surface area contributed by atoms with Crippen molar-refractivity contribution in [2.45, 2.75) is 13.8 Å². The second kappa shape index (κ2) is 11.3. The summed E-state index contributed by atoms with van der Waals surface area (Å²) in [6.07, 6.45) is 1.48. The van der Waals surface area contributed by atoms with E-state index in [0.29, 0.717) is 28.4 Å². The van der Waals surface area contributed by atoms with Gasteiger partial charge in [-0.15, -0.1) is 0 Å². The number of para-hydroxylation sites is 1. The van der Waals surface area contributed by atoms with Gasteiger partial charge >= 0.3 is 6.03 Å². The van der Waals surface area contributed by atoms with Gasteiger partial charge in [-0.25, -0.2) is 10.2 Å². The van der Waals surface area contributed by atoms with Crippen molar-refractivity contribution >= 4 is 29.5 Å². The van der Waals surface area contributed by atoms with Gasteiger partial charge in [-0.2, -0.15) is 5.10 Å². The average Bonchev–Trinajstić information content (AvgIpc) is 2.81. The molecule has 0 aliphatic heterocycles. The third kappa shape index (κ3) is 7.10. The van der Waals surface area contributed by atoms with Crippen LogP contribution in [-0.2, 0) is 4.79 Å². The normalized spacial score (nSPS) is 10.5. The lowest BCUT2D eigenvalue weighted by molar-refractivity contribution is -0.118. The average molecular weight is 447 g/mol. The van der Waals surface area contributed by atoms with Crippen molar-refractivity contribution in [1.29, 1.82) is 0 Å². The highest BCUT2D eigenvalue weighted by atomic mass is 16.5. The van der Waals surface area contributed by atoms with Crippen LogP contribution in [0.1, 0.15) is 16.7 Å². The van der Waals surface area contributed by atoms with Crippen molar-refractivity contribution in [2.24, 2.45) is 5.10 Å². The van der Waals surface area contributed by atoms with Crippen molar-refractivity contribution in [1.82, 2.24) is 5.43 Å². The lowest BCUT2D eigenvalue weighted by Crippen LogP contribution is -2.24. The number of anilines is 2. The molecule has 0 spiro atoms. The molecule has 8 heteroatoms. The first kappa shape index (κ1) is 23.3. The van der Waals surface area contributed by atoms with Gasteiger partial charge in [0.05, 0.1) is 13.3 Å². The summed E-state index contributed by atoms with van der Waals surface area (Å²) in [7, 11) is 1.50. The summed E-state index contributed by atoms with van der Waals surface area (Å²) in [6.45, 7) is 3.83. The summed E-state index contributed by atoms with van der Waals surface area (Å²) in [5.74, 6) is 0.575. The van der Waals surface area contributed by atoms with E-state index in [1.54, 1.807) is 30.3 Å². The Balaban J connectivity index is 1.53. The van der Waals surface area contributed by atoms with E-state index in [2.05, 4.69) is 21.2 Å². The van der Waals surface area contributed by atoms with Crippen molar-refractivity contribution in [3.8, 4) is 11.5 Å². The number of nitrogens with zero attached hydrogens (tertiary/aromatic N) is 1. The second-order valence-electron chi connectivity index (χ2n) is 7.24. The molecule has 0 atom stereocenters. The zero-order valence-electron chi connectivity index (χ0n) is 18.7. The number of carbonyl (C=O) groups excluding carboxylic acids is 2. The van der Waals surface area contributed by atoms with E-state index in [-0.39, 0.29) is 12.5 Å². The van der Waals surface area contributed by atoms with Crippen LogP contribution < -0.4 is 25.5 Å². The van der Waals surface area contributed by atoms with E-state index in [4.69, 9.17) is 9.47 Å². The Kier molecular flexibility index (Phi) is 8.02. The number of amides is 3. The topological polar surface area (TPSA) is 101 Å². The molecule has 0 unspecified atom stereocenters. The number of aryl methyl sites for hydroxylation is 2. The first-order chi connectivity index (χ1) is 15.9. The number of urea groups is 1. The van der Waals surface area contributed by atoms with Gasteiger partial charge in [0.2, 0.25) is 0 Å². The number of nitrogens with one attached hydrogen (secondary N) is 3. The quantitative estimate of drug-likeness (QED) is 0.351. The third-order valence-corrected chi connectivity index (χ3v) is 4.75. The molecule has 0 saturated heterocycles. The second-order valence-corrected chi connectivity index (χ2v) is 7.24.